The quantitative estimate of drug-likeness (QED) is 0.321. The van der Waals surface area contributed by atoms with Gasteiger partial charge in [0.25, 0.3) is 10.0 Å². The molecule has 10 heteroatoms. The third-order valence-electron chi connectivity index (χ3n) is 3.05. The van der Waals surface area contributed by atoms with Crippen molar-refractivity contribution in [2.75, 3.05) is 21.3 Å². The second kappa shape index (κ2) is 6.70. The summed E-state index contributed by atoms with van der Waals surface area (Å²) in [6.07, 6.45) is 0.422. The Balaban J connectivity index is 4.03. The lowest BCUT2D eigenvalue weighted by Crippen LogP contribution is -2.20. The summed E-state index contributed by atoms with van der Waals surface area (Å²) in [5.41, 5.74) is 9.00. The molecule has 0 aliphatic heterocycles. The predicted octanol–water partition coefficient (Wildman–Crippen LogP) is 0.264. The molecule has 0 heterocycles. The number of ether oxygens (including phenoxy) is 3. The molecule has 8 nitrogen and oxygen atoms in total. The molecule has 21 heavy (non-hydrogen) atoms. The molecule has 0 saturated heterocycles. The first-order valence-electron chi connectivity index (χ1n) is 6.02. The van der Waals surface area contributed by atoms with E-state index in [1.807, 2.05) is 0 Å². The van der Waals surface area contributed by atoms with Crippen molar-refractivity contribution in [2.24, 2.45) is 4.52 Å². The number of azide groups is 1. The first-order valence-corrected chi connectivity index (χ1v) is 8.46. The van der Waals surface area contributed by atoms with Crippen LogP contribution < -0.4 is 19.4 Å². The zero-order chi connectivity index (χ0) is 16.2. The van der Waals surface area contributed by atoms with E-state index in [1.54, 1.807) is 6.92 Å². The Labute approximate surface area is 126 Å². The summed E-state index contributed by atoms with van der Waals surface area (Å²) < 4.78 is 43.1. The molecule has 1 rings (SSSR count). The summed E-state index contributed by atoms with van der Waals surface area (Å²) in [5.74, 6) is 0.602. The lowest BCUT2D eigenvalue weighted by atomic mass is 10.1. The molecule has 0 saturated carbocycles. The molecule has 0 radical (unpaired) electrons. The van der Waals surface area contributed by atoms with Crippen LogP contribution in [0.1, 0.15) is 12.5 Å². The minimum Gasteiger partial charge on any atom is -0.493 e. The van der Waals surface area contributed by atoms with Crippen molar-refractivity contribution in [3.05, 3.63) is 16.0 Å². The summed E-state index contributed by atoms with van der Waals surface area (Å²) >= 11 is 0. The van der Waals surface area contributed by atoms with Crippen LogP contribution in [0.15, 0.2) is 9.42 Å². The van der Waals surface area contributed by atoms with Crippen molar-refractivity contribution >= 4 is 25.5 Å². The van der Waals surface area contributed by atoms with E-state index in [-0.39, 0.29) is 16.4 Å². The van der Waals surface area contributed by atoms with Crippen molar-refractivity contribution in [3.63, 3.8) is 0 Å². The monoisotopic (exact) mass is 331 g/mol. The fourth-order valence-electron chi connectivity index (χ4n) is 2.22. The van der Waals surface area contributed by atoms with E-state index in [0.29, 0.717) is 28.0 Å². The Bertz CT molecular complexity index is 699. The SMILES string of the molecule is CCc1c([SiH3])c(OC)c(OC)c(OC)c1S(=O)(=O)N=[N+]=[N-]. The maximum absolute atomic E-state index is 12.2. The molecule has 0 atom stereocenters. The van der Waals surface area contributed by atoms with Crippen LogP contribution >= 0.6 is 0 Å². The lowest BCUT2D eigenvalue weighted by Gasteiger charge is -2.20. The van der Waals surface area contributed by atoms with Gasteiger partial charge in [-0.1, -0.05) is 6.92 Å². The number of sulfonamides is 1. The van der Waals surface area contributed by atoms with E-state index in [1.165, 1.54) is 21.3 Å². The third-order valence-corrected chi connectivity index (χ3v) is 5.35. The molecule has 1 aromatic rings. The summed E-state index contributed by atoms with van der Waals surface area (Å²) in [5, 5.41) is 0.726. The molecule has 0 amide bonds. The highest BCUT2D eigenvalue weighted by Gasteiger charge is 2.30. The van der Waals surface area contributed by atoms with Crippen molar-refractivity contribution in [3.8, 4) is 17.2 Å². The number of hydrogen-bond acceptors (Lipinski definition) is 5. The maximum atomic E-state index is 12.2. The molecule has 0 aromatic heterocycles. The molecule has 0 aliphatic carbocycles. The second-order valence-electron chi connectivity index (χ2n) is 4.03. The summed E-state index contributed by atoms with van der Waals surface area (Å²) in [7, 11) is 0.497. The van der Waals surface area contributed by atoms with Crippen molar-refractivity contribution in [1.82, 2.24) is 0 Å². The molecule has 0 bridgehead atoms. The van der Waals surface area contributed by atoms with Crippen LogP contribution in [0.25, 0.3) is 10.4 Å². The second-order valence-corrected chi connectivity index (χ2v) is 6.55. The van der Waals surface area contributed by atoms with Crippen LogP contribution in [0, 0.1) is 0 Å². The number of methoxy groups -OCH3 is 3. The van der Waals surface area contributed by atoms with Gasteiger partial charge in [0.2, 0.25) is 5.75 Å². The molecule has 116 valence electrons. The molecular weight excluding hydrogens is 314 g/mol. The van der Waals surface area contributed by atoms with Gasteiger partial charge in [0.05, 0.1) is 21.3 Å². The first kappa shape index (κ1) is 17.1. The van der Waals surface area contributed by atoms with Gasteiger partial charge in [0.15, 0.2) is 11.5 Å². The highest BCUT2D eigenvalue weighted by molar-refractivity contribution is 7.90. The van der Waals surface area contributed by atoms with E-state index in [4.69, 9.17) is 19.7 Å². The number of benzene rings is 1. The average molecular weight is 331 g/mol. The van der Waals surface area contributed by atoms with Gasteiger partial charge in [0, 0.05) is 19.7 Å². The summed E-state index contributed by atoms with van der Waals surface area (Å²) in [4.78, 5) is 2.22. The topological polar surface area (TPSA) is 111 Å². The molecule has 0 aliphatic rings. The van der Waals surface area contributed by atoms with Crippen molar-refractivity contribution in [1.29, 1.82) is 0 Å². The van der Waals surface area contributed by atoms with Crippen LogP contribution in [-0.2, 0) is 16.4 Å². The predicted molar refractivity (Wildman–Crippen MR) is 81.4 cm³/mol. The van der Waals surface area contributed by atoms with Gasteiger partial charge >= 0.3 is 0 Å². The Morgan fingerprint density at radius 2 is 1.67 bits per heavy atom. The fourth-order valence-corrected chi connectivity index (χ4v) is 4.64. The number of nitrogens with zero attached hydrogens (tertiary/aromatic N) is 3. The van der Waals surface area contributed by atoms with E-state index in [2.05, 4.69) is 9.43 Å². The van der Waals surface area contributed by atoms with E-state index < -0.39 is 10.0 Å². The molecule has 1 aromatic carbocycles. The van der Waals surface area contributed by atoms with Crippen LogP contribution in [0.5, 0.6) is 17.2 Å². The molecule has 0 spiro atoms. The Morgan fingerprint density at radius 3 is 2.05 bits per heavy atom. The smallest absolute Gasteiger partial charge is 0.268 e. The first-order chi connectivity index (χ1) is 9.89. The van der Waals surface area contributed by atoms with E-state index in [9.17, 15) is 8.42 Å². The Morgan fingerprint density at radius 1 is 1.14 bits per heavy atom. The zero-order valence-corrected chi connectivity index (χ0v) is 15.3. The van der Waals surface area contributed by atoms with Crippen LogP contribution in [0.3, 0.4) is 0 Å². The van der Waals surface area contributed by atoms with Crippen LogP contribution in [0.2, 0.25) is 0 Å². The third kappa shape index (κ3) is 2.92. The fraction of sp³-hybridized carbons (Fsp3) is 0.455. The lowest BCUT2D eigenvalue weighted by molar-refractivity contribution is 0.319. The maximum Gasteiger partial charge on any atom is 0.268 e. The molecular formula is C11H17N3O5SSi. The number of hydrogen-bond donors (Lipinski definition) is 0. The van der Waals surface area contributed by atoms with Gasteiger partial charge < -0.3 is 14.2 Å². The van der Waals surface area contributed by atoms with E-state index >= 15 is 0 Å². The van der Waals surface area contributed by atoms with Gasteiger partial charge in [-0.2, -0.15) is 0 Å². The standard InChI is InChI=1S/C11H17N3O5SSi/c1-5-6-10(20(15,16)14-13-12)8(18-3)7(17-2)9(19-4)11(6)21/h5H2,1-4,21H3. The molecule has 0 N–H and O–H groups in total. The van der Waals surface area contributed by atoms with Crippen molar-refractivity contribution < 1.29 is 22.6 Å². The van der Waals surface area contributed by atoms with Crippen LogP contribution in [-0.4, -0.2) is 40.0 Å². The van der Waals surface area contributed by atoms with Gasteiger partial charge in [-0.3, -0.25) is 0 Å². The zero-order valence-electron chi connectivity index (χ0n) is 12.5. The highest BCUT2D eigenvalue weighted by atomic mass is 32.2. The molecule has 0 unspecified atom stereocenters. The van der Waals surface area contributed by atoms with E-state index in [0.717, 1.165) is 5.19 Å². The normalized spacial score (nSPS) is 10.9. The Hall–Kier alpha value is -1.90. The summed E-state index contributed by atoms with van der Waals surface area (Å²) in [6.45, 7) is 1.80. The largest absolute Gasteiger partial charge is 0.493 e. The average Bonchev–Trinajstić information content (AvgIpc) is 2.45. The summed E-state index contributed by atoms with van der Waals surface area (Å²) in [6, 6.07) is 0. The number of rotatable bonds is 6. The Kier molecular flexibility index (Phi) is 5.47. The van der Waals surface area contributed by atoms with Gasteiger partial charge in [-0.25, -0.2) is 8.42 Å². The van der Waals surface area contributed by atoms with Gasteiger partial charge in [0.1, 0.15) is 4.90 Å². The van der Waals surface area contributed by atoms with Gasteiger partial charge in [-0.05, 0) is 22.7 Å². The van der Waals surface area contributed by atoms with Crippen molar-refractivity contribution in [2.45, 2.75) is 18.2 Å². The molecule has 0 fully saturated rings. The van der Waals surface area contributed by atoms with Gasteiger partial charge in [-0.15, -0.1) is 0 Å². The minimum absolute atomic E-state index is 0.0156. The highest BCUT2D eigenvalue weighted by Crippen LogP contribution is 2.43. The minimum atomic E-state index is -4.21. The van der Waals surface area contributed by atoms with Crippen LogP contribution in [0.4, 0.5) is 0 Å².